The number of ketones is 1. The van der Waals surface area contributed by atoms with Crippen LogP contribution in [0.3, 0.4) is 0 Å². The van der Waals surface area contributed by atoms with Crippen LogP contribution in [0.5, 0.6) is 0 Å². The number of carbonyl (C=O) groups excluding carboxylic acids is 1. The van der Waals surface area contributed by atoms with E-state index in [-0.39, 0.29) is 16.5 Å². The molecule has 2 aromatic carbocycles. The molecule has 0 spiro atoms. The van der Waals surface area contributed by atoms with E-state index in [1.165, 1.54) is 12.1 Å². The van der Waals surface area contributed by atoms with Gasteiger partial charge in [0.1, 0.15) is 5.82 Å². The molecule has 0 bridgehead atoms. The third-order valence-electron chi connectivity index (χ3n) is 2.52. The van der Waals surface area contributed by atoms with Crippen molar-refractivity contribution in [2.24, 2.45) is 5.73 Å². The zero-order chi connectivity index (χ0) is 13.8. The first-order valence-electron chi connectivity index (χ1n) is 5.53. The van der Waals surface area contributed by atoms with E-state index in [1.807, 2.05) is 0 Å². The maximum atomic E-state index is 13.3. The number of nitrogens with two attached hydrogens (primary N) is 1. The van der Waals surface area contributed by atoms with Gasteiger partial charge in [-0.05, 0) is 30.4 Å². The van der Waals surface area contributed by atoms with E-state index >= 15 is 0 Å². The SMILES string of the molecule is NC(=S)Nc1ccc(F)cc1C(=O)c1ccccc1. The Kier molecular flexibility index (Phi) is 3.87. The summed E-state index contributed by atoms with van der Waals surface area (Å²) in [5.41, 5.74) is 6.44. The van der Waals surface area contributed by atoms with Crippen molar-refractivity contribution >= 4 is 28.8 Å². The molecule has 3 nitrogen and oxygen atoms in total. The van der Waals surface area contributed by atoms with Gasteiger partial charge >= 0.3 is 0 Å². The number of carbonyl (C=O) groups is 1. The van der Waals surface area contributed by atoms with Crippen molar-refractivity contribution in [3.8, 4) is 0 Å². The van der Waals surface area contributed by atoms with Gasteiger partial charge in [0.05, 0.1) is 5.69 Å². The second-order valence-electron chi connectivity index (χ2n) is 3.87. The number of benzene rings is 2. The number of nitrogens with one attached hydrogen (secondary N) is 1. The van der Waals surface area contributed by atoms with Crippen molar-refractivity contribution in [3.63, 3.8) is 0 Å². The molecule has 2 rings (SSSR count). The molecular weight excluding hydrogens is 263 g/mol. The number of anilines is 1. The van der Waals surface area contributed by atoms with Crippen LogP contribution in [0.4, 0.5) is 10.1 Å². The Morgan fingerprint density at radius 2 is 1.84 bits per heavy atom. The summed E-state index contributed by atoms with van der Waals surface area (Å²) < 4.78 is 13.3. The summed E-state index contributed by atoms with van der Waals surface area (Å²) in [4.78, 5) is 12.3. The van der Waals surface area contributed by atoms with Crippen LogP contribution >= 0.6 is 12.2 Å². The first kappa shape index (κ1) is 13.2. The Balaban J connectivity index is 2.45. The van der Waals surface area contributed by atoms with Gasteiger partial charge < -0.3 is 11.1 Å². The maximum Gasteiger partial charge on any atom is 0.195 e. The van der Waals surface area contributed by atoms with Gasteiger partial charge in [0.15, 0.2) is 10.9 Å². The monoisotopic (exact) mass is 274 g/mol. The number of thiocarbonyl (C=S) groups is 1. The number of hydrogen-bond donors (Lipinski definition) is 2. The van der Waals surface area contributed by atoms with Gasteiger partial charge in [-0.15, -0.1) is 0 Å². The highest BCUT2D eigenvalue weighted by molar-refractivity contribution is 7.80. The van der Waals surface area contributed by atoms with Crippen LogP contribution in [0.2, 0.25) is 0 Å². The van der Waals surface area contributed by atoms with Crippen molar-refractivity contribution in [2.75, 3.05) is 5.32 Å². The van der Waals surface area contributed by atoms with Gasteiger partial charge in [-0.25, -0.2) is 4.39 Å². The van der Waals surface area contributed by atoms with E-state index in [4.69, 9.17) is 18.0 Å². The van der Waals surface area contributed by atoms with E-state index in [9.17, 15) is 9.18 Å². The molecule has 2 aromatic rings. The number of halogens is 1. The average Bonchev–Trinajstić information content (AvgIpc) is 2.40. The number of rotatable bonds is 3. The lowest BCUT2D eigenvalue weighted by atomic mass is 10.0. The van der Waals surface area contributed by atoms with Gasteiger partial charge in [-0.1, -0.05) is 30.3 Å². The largest absolute Gasteiger partial charge is 0.376 e. The number of hydrogen-bond acceptors (Lipinski definition) is 2. The summed E-state index contributed by atoms with van der Waals surface area (Å²) in [6.45, 7) is 0. The van der Waals surface area contributed by atoms with Crippen LogP contribution < -0.4 is 11.1 Å². The summed E-state index contributed by atoms with van der Waals surface area (Å²) in [6, 6.07) is 12.5. The molecule has 0 unspecified atom stereocenters. The van der Waals surface area contributed by atoms with Crippen molar-refractivity contribution in [2.45, 2.75) is 0 Å². The third-order valence-corrected chi connectivity index (χ3v) is 2.62. The summed E-state index contributed by atoms with van der Waals surface area (Å²) in [5.74, 6) is -0.786. The average molecular weight is 274 g/mol. The zero-order valence-electron chi connectivity index (χ0n) is 9.89. The summed E-state index contributed by atoms with van der Waals surface area (Å²) in [6.07, 6.45) is 0. The Morgan fingerprint density at radius 1 is 1.16 bits per heavy atom. The molecule has 0 heterocycles. The predicted molar refractivity (Wildman–Crippen MR) is 76.7 cm³/mol. The molecule has 5 heteroatoms. The normalized spacial score (nSPS) is 9.95. The molecule has 0 saturated heterocycles. The minimum Gasteiger partial charge on any atom is -0.376 e. The highest BCUT2D eigenvalue weighted by atomic mass is 32.1. The van der Waals surface area contributed by atoms with Crippen LogP contribution in [0.25, 0.3) is 0 Å². The van der Waals surface area contributed by atoms with Crippen LogP contribution in [0.1, 0.15) is 15.9 Å². The molecule has 96 valence electrons. The smallest absolute Gasteiger partial charge is 0.195 e. The lowest BCUT2D eigenvalue weighted by Gasteiger charge is -2.10. The summed E-state index contributed by atoms with van der Waals surface area (Å²) in [7, 11) is 0. The lowest BCUT2D eigenvalue weighted by molar-refractivity contribution is 0.103. The third kappa shape index (κ3) is 3.14. The van der Waals surface area contributed by atoms with E-state index in [0.717, 1.165) is 6.07 Å². The first-order chi connectivity index (χ1) is 9.08. The molecule has 3 N–H and O–H groups in total. The molecule has 0 saturated carbocycles. The molecule has 0 amide bonds. The fraction of sp³-hybridized carbons (Fsp3) is 0. The highest BCUT2D eigenvalue weighted by Gasteiger charge is 2.14. The second-order valence-corrected chi connectivity index (χ2v) is 4.31. The molecule has 0 fully saturated rings. The van der Waals surface area contributed by atoms with Gasteiger partial charge in [0, 0.05) is 11.1 Å². The molecule has 0 radical (unpaired) electrons. The van der Waals surface area contributed by atoms with Crippen LogP contribution in [0.15, 0.2) is 48.5 Å². The Bertz CT molecular complexity index is 629. The Hall–Kier alpha value is -2.27. The highest BCUT2D eigenvalue weighted by Crippen LogP contribution is 2.20. The maximum absolute atomic E-state index is 13.3. The zero-order valence-corrected chi connectivity index (χ0v) is 10.7. The van der Waals surface area contributed by atoms with Crippen LogP contribution in [-0.4, -0.2) is 10.9 Å². The topological polar surface area (TPSA) is 55.1 Å². The van der Waals surface area contributed by atoms with Gasteiger partial charge in [-0.3, -0.25) is 4.79 Å². The minimum absolute atomic E-state index is 0.0220. The molecule has 0 aromatic heterocycles. The quantitative estimate of drug-likeness (QED) is 0.667. The standard InChI is InChI=1S/C14H11FN2OS/c15-10-6-7-12(17-14(16)19)11(8-10)13(18)9-4-2-1-3-5-9/h1-8H,(H3,16,17,19). The summed E-state index contributed by atoms with van der Waals surface area (Å²) >= 11 is 4.73. The minimum atomic E-state index is -0.493. The van der Waals surface area contributed by atoms with Gasteiger partial charge in [-0.2, -0.15) is 0 Å². The van der Waals surface area contributed by atoms with E-state index in [2.05, 4.69) is 5.32 Å². The molecule has 0 aliphatic heterocycles. The first-order valence-corrected chi connectivity index (χ1v) is 5.94. The van der Waals surface area contributed by atoms with Crippen molar-refractivity contribution in [1.29, 1.82) is 0 Å². The van der Waals surface area contributed by atoms with E-state index in [1.54, 1.807) is 30.3 Å². The van der Waals surface area contributed by atoms with Crippen LogP contribution in [0, 0.1) is 5.82 Å². The molecular formula is C14H11FN2OS. The molecule has 19 heavy (non-hydrogen) atoms. The Labute approximate surface area is 115 Å². The van der Waals surface area contributed by atoms with Gasteiger partial charge in [0.2, 0.25) is 0 Å². The molecule has 0 atom stereocenters. The van der Waals surface area contributed by atoms with E-state index in [0.29, 0.717) is 11.3 Å². The summed E-state index contributed by atoms with van der Waals surface area (Å²) in [5, 5.41) is 2.69. The van der Waals surface area contributed by atoms with Crippen molar-refractivity contribution < 1.29 is 9.18 Å². The Morgan fingerprint density at radius 3 is 2.47 bits per heavy atom. The van der Waals surface area contributed by atoms with E-state index < -0.39 is 5.82 Å². The fourth-order valence-electron chi connectivity index (χ4n) is 1.69. The molecule has 0 aliphatic carbocycles. The fourth-order valence-corrected chi connectivity index (χ4v) is 1.80. The van der Waals surface area contributed by atoms with Gasteiger partial charge in [0.25, 0.3) is 0 Å². The van der Waals surface area contributed by atoms with Crippen molar-refractivity contribution in [3.05, 3.63) is 65.5 Å². The second kappa shape index (κ2) is 5.58. The van der Waals surface area contributed by atoms with Crippen molar-refractivity contribution in [1.82, 2.24) is 0 Å². The predicted octanol–water partition coefficient (Wildman–Crippen LogP) is 2.71. The lowest BCUT2D eigenvalue weighted by Crippen LogP contribution is -2.21. The molecule has 0 aliphatic rings. The van der Waals surface area contributed by atoms with Crippen LogP contribution in [-0.2, 0) is 0 Å².